The van der Waals surface area contributed by atoms with Crippen LogP contribution in [0.15, 0.2) is 0 Å². The van der Waals surface area contributed by atoms with Gasteiger partial charge in [-0.15, -0.1) is 0 Å². The molecule has 98 valence electrons. The summed E-state index contributed by atoms with van der Waals surface area (Å²) in [5.74, 6) is 0.952. The van der Waals surface area contributed by atoms with Gasteiger partial charge in [0.15, 0.2) is 0 Å². The van der Waals surface area contributed by atoms with E-state index >= 15 is 0 Å². The van der Waals surface area contributed by atoms with Crippen LogP contribution in [0.4, 0.5) is 4.79 Å². The van der Waals surface area contributed by atoms with Gasteiger partial charge in [-0.05, 0) is 31.6 Å². The molecule has 2 fully saturated rings. The average molecular weight is 240 g/mol. The van der Waals surface area contributed by atoms with Crippen LogP contribution in [0, 0.1) is 11.8 Å². The molecule has 4 nitrogen and oxygen atoms in total. The molecule has 2 atom stereocenters. The second-order valence-corrected chi connectivity index (χ2v) is 5.48. The van der Waals surface area contributed by atoms with E-state index in [0.29, 0.717) is 5.92 Å². The number of carbonyl (C=O) groups excluding carboxylic acids is 1. The fraction of sp³-hybridized carbons (Fsp3) is 0.923. The monoisotopic (exact) mass is 240 g/mol. The van der Waals surface area contributed by atoms with Crippen LogP contribution < -0.4 is 10.6 Å². The Morgan fingerprint density at radius 2 is 1.88 bits per heavy atom. The van der Waals surface area contributed by atoms with Gasteiger partial charge >= 0.3 is 6.03 Å². The summed E-state index contributed by atoms with van der Waals surface area (Å²) in [4.78, 5) is 11.7. The molecule has 0 aliphatic heterocycles. The van der Waals surface area contributed by atoms with Crippen LogP contribution in [0.2, 0.25) is 0 Å². The summed E-state index contributed by atoms with van der Waals surface area (Å²) in [6.07, 6.45) is 8.09. The van der Waals surface area contributed by atoms with Gasteiger partial charge in [-0.3, -0.25) is 0 Å². The molecule has 2 saturated carbocycles. The Bertz CT molecular complexity index is 254. The molecular formula is C13H24N2O2. The minimum atomic E-state index is -0.0535. The zero-order valence-electron chi connectivity index (χ0n) is 10.5. The third kappa shape index (κ3) is 4.19. The van der Waals surface area contributed by atoms with Gasteiger partial charge in [0.1, 0.15) is 0 Å². The number of aliphatic hydroxyl groups excluding tert-OH is 1. The number of rotatable bonds is 4. The molecule has 2 rings (SSSR count). The first-order chi connectivity index (χ1) is 8.29. The zero-order valence-corrected chi connectivity index (χ0v) is 10.5. The lowest BCUT2D eigenvalue weighted by atomic mass is 9.96. The Morgan fingerprint density at radius 3 is 2.59 bits per heavy atom. The molecule has 0 saturated heterocycles. The van der Waals surface area contributed by atoms with E-state index in [1.807, 2.05) is 0 Å². The highest BCUT2D eigenvalue weighted by molar-refractivity contribution is 5.74. The molecule has 0 radical (unpaired) electrons. The largest absolute Gasteiger partial charge is 0.396 e. The van der Waals surface area contributed by atoms with Gasteiger partial charge in [-0.1, -0.05) is 19.3 Å². The molecule has 0 heterocycles. The van der Waals surface area contributed by atoms with E-state index in [4.69, 9.17) is 0 Å². The Labute approximate surface area is 103 Å². The lowest BCUT2D eigenvalue weighted by Gasteiger charge is -2.24. The molecule has 0 aromatic heterocycles. The van der Waals surface area contributed by atoms with Crippen LogP contribution in [-0.4, -0.2) is 30.3 Å². The standard InChI is InChI=1S/C13H24N2O2/c16-9-11-4-2-1-3-5-12(11)15-13(17)14-8-10-6-7-10/h10-12,16H,1-9H2,(H2,14,15,17). The first-order valence-electron chi connectivity index (χ1n) is 6.95. The van der Waals surface area contributed by atoms with E-state index in [9.17, 15) is 9.90 Å². The SMILES string of the molecule is O=C(NCC1CC1)NC1CCCCCC1CO. The van der Waals surface area contributed by atoms with E-state index in [1.54, 1.807) is 0 Å². The van der Waals surface area contributed by atoms with Gasteiger partial charge in [0.2, 0.25) is 0 Å². The smallest absolute Gasteiger partial charge is 0.315 e. The van der Waals surface area contributed by atoms with Crippen LogP contribution >= 0.6 is 0 Å². The van der Waals surface area contributed by atoms with Crippen LogP contribution in [0.1, 0.15) is 44.9 Å². The maximum absolute atomic E-state index is 11.7. The van der Waals surface area contributed by atoms with Crippen molar-refractivity contribution in [2.24, 2.45) is 11.8 Å². The van der Waals surface area contributed by atoms with E-state index in [-0.39, 0.29) is 24.6 Å². The number of nitrogens with one attached hydrogen (secondary N) is 2. The van der Waals surface area contributed by atoms with Crippen LogP contribution in [0.3, 0.4) is 0 Å². The average Bonchev–Trinajstić information content (AvgIpc) is 3.14. The highest BCUT2D eigenvalue weighted by Gasteiger charge is 2.26. The van der Waals surface area contributed by atoms with Crippen molar-refractivity contribution in [2.75, 3.05) is 13.2 Å². The Hall–Kier alpha value is -0.770. The molecule has 0 bridgehead atoms. The lowest BCUT2D eigenvalue weighted by Crippen LogP contribution is -2.46. The van der Waals surface area contributed by atoms with Crippen molar-refractivity contribution in [3.63, 3.8) is 0 Å². The van der Waals surface area contributed by atoms with Crippen LogP contribution in [0.25, 0.3) is 0 Å². The fourth-order valence-corrected chi connectivity index (χ4v) is 2.57. The van der Waals surface area contributed by atoms with Crippen molar-refractivity contribution in [3.05, 3.63) is 0 Å². The molecule has 2 amide bonds. The van der Waals surface area contributed by atoms with E-state index in [1.165, 1.54) is 25.7 Å². The van der Waals surface area contributed by atoms with Gasteiger partial charge in [0.25, 0.3) is 0 Å². The summed E-state index contributed by atoms with van der Waals surface area (Å²) in [5.41, 5.74) is 0. The van der Waals surface area contributed by atoms with Gasteiger partial charge in [-0.2, -0.15) is 0 Å². The molecular weight excluding hydrogens is 216 g/mol. The number of hydrogen-bond acceptors (Lipinski definition) is 2. The molecule has 4 heteroatoms. The van der Waals surface area contributed by atoms with E-state index < -0.39 is 0 Å². The maximum atomic E-state index is 11.7. The number of hydrogen-bond donors (Lipinski definition) is 3. The molecule has 2 aliphatic rings. The number of carbonyl (C=O) groups is 1. The van der Waals surface area contributed by atoms with Gasteiger partial charge in [0, 0.05) is 25.1 Å². The van der Waals surface area contributed by atoms with E-state index in [0.717, 1.165) is 25.8 Å². The van der Waals surface area contributed by atoms with Crippen molar-refractivity contribution >= 4 is 6.03 Å². The number of amides is 2. The van der Waals surface area contributed by atoms with Gasteiger partial charge in [-0.25, -0.2) is 4.79 Å². The summed E-state index contributed by atoms with van der Waals surface area (Å²) in [7, 11) is 0. The highest BCUT2D eigenvalue weighted by atomic mass is 16.3. The third-order valence-corrected chi connectivity index (χ3v) is 3.96. The first kappa shape index (κ1) is 12.7. The molecule has 2 unspecified atom stereocenters. The highest BCUT2D eigenvalue weighted by Crippen LogP contribution is 2.27. The van der Waals surface area contributed by atoms with Crippen molar-refractivity contribution < 1.29 is 9.90 Å². The minimum absolute atomic E-state index is 0.0535. The van der Waals surface area contributed by atoms with Crippen LogP contribution in [0.5, 0.6) is 0 Å². The van der Waals surface area contributed by atoms with Crippen molar-refractivity contribution in [1.82, 2.24) is 10.6 Å². The van der Waals surface area contributed by atoms with E-state index in [2.05, 4.69) is 10.6 Å². The predicted octanol–water partition coefficient (Wildman–Crippen LogP) is 1.64. The summed E-state index contributed by atoms with van der Waals surface area (Å²) in [5, 5.41) is 15.3. The topological polar surface area (TPSA) is 61.4 Å². The summed E-state index contributed by atoms with van der Waals surface area (Å²) in [6, 6.07) is 0.101. The molecule has 17 heavy (non-hydrogen) atoms. The second-order valence-electron chi connectivity index (χ2n) is 5.48. The maximum Gasteiger partial charge on any atom is 0.315 e. The van der Waals surface area contributed by atoms with Gasteiger partial charge < -0.3 is 15.7 Å². The van der Waals surface area contributed by atoms with Crippen molar-refractivity contribution in [2.45, 2.75) is 51.0 Å². The zero-order chi connectivity index (χ0) is 12.1. The summed E-state index contributed by atoms with van der Waals surface area (Å²) in [6.45, 7) is 0.996. The third-order valence-electron chi connectivity index (χ3n) is 3.96. The minimum Gasteiger partial charge on any atom is -0.396 e. The Morgan fingerprint density at radius 1 is 1.12 bits per heavy atom. The van der Waals surface area contributed by atoms with Crippen LogP contribution in [-0.2, 0) is 0 Å². The first-order valence-corrected chi connectivity index (χ1v) is 6.95. The number of urea groups is 1. The Balaban J connectivity index is 1.74. The molecule has 0 spiro atoms. The normalized spacial score (nSPS) is 29.5. The predicted molar refractivity (Wildman–Crippen MR) is 66.7 cm³/mol. The van der Waals surface area contributed by atoms with Crippen molar-refractivity contribution in [3.8, 4) is 0 Å². The summed E-state index contributed by atoms with van der Waals surface area (Å²) < 4.78 is 0. The molecule has 0 aromatic carbocycles. The molecule has 0 aromatic rings. The quantitative estimate of drug-likeness (QED) is 0.654. The fourth-order valence-electron chi connectivity index (χ4n) is 2.57. The van der Waals surface area contributed by atoms with Gasteiger partial charge in [0.05, 0.1) is 0 Å². The summed E-state index contributed by atoms with van der Waals surface area (Å²) >= 11 is 0. The second kappa shape index (κ2) is 6.24. The molecule has 3 N–H and O–H groups in total. The van der Waals surface area contributed by atoms with Crippen molar-refractivity contribution in [1.29, 1.82) is 0 Å². The number of aliphatic hydroxyl groups is 1. The lowest BCUT2D eigenvalue weighted by molar-refractivity contribution is 0.179. The molecule has 2 aliphatic carbocycles. The Kier molecular flexibility index (Phi) is 4.66.